The molecule has 5 aromatic carbocycles. The van der Waals surface area contributed by atoms with Crippen LogP contribution in [0.25, 0.3) is 55.0 Å². The van der Waals surface area contributed by atoms with Gasteiger partial charge < -0.3 is 9.13 Å². The van der Waals surface area contributed by atoms with Crippen molar-refractivity contribution in [1.29, 1.82) is 10.5 Å². The van der Waals surface area contributed by atoms with Crippen molar-refractivity contribution < 1.29 is 0 Å². The van der Waals surface area contributed by atoms with Crippen LogP contribution in [0.5, 0.6) is 0 Å². The molecule has 0 aliphatic carbocycles. The molecule has 172 valence electrons. The lowest BCUT2D eigenvalue weighted by atomic mass is 10.1. The molecule has 7 rings (SSSR count). The molecule has 0 spiro atoms. The Balaban J connectivity index is 1.56. The van der Waals surface area contributed by atoms with Crippen LogP contribution in [0.2, 0.25) is 0 Å². The van der Waals surface area contributed by atoms with Gasteiger partial charge in [-0.2, -0.15) is 10.5 Å². The van der Waals surface area contributed by atoms with E-state index in [0.717, 1.165) is 59.5 Å². The van der Waals surface area contributed by atoms with Gasteiger partial charge in [-0.25, -0.2) is 0 Å². The van der Waals surface area contributed by atoms with E-state index in [0.29, 0.717) is 11.1 Å². The molecule has 2 heterocycles. The zero-order chi connectivity index (χ0) is 25.1. The van der Waals surface area contributed by atoms with Crippen LogP contribution in [-0.2, 0) is 0 Å². The van der Waals surface area contributed by atoms with E-state index >= 15 is 0 Å². The van der Waals surface area contributed by atoms with Crippen molar-refractivity contribution in [3.05, 3.63) is 119 Å². The van der Waals surface area contributed by atoms with Crippen LogP contribution in [0.15, 0.2) is 108 Å². The van der Waals surface area contributed by atoms with Crippen LogP contribution in [0, 0.1) is 22.7 Å². The third kappa shape index (κ3) is 3.19. The molecule has 0 N–H and O–H groups in total. The Kier molecular flexibility index (Phi) is 4.69. The molecular formula is C32H17BrN4. The highest BCUT2D eigenvalue weighted by Gasteiger charge is 2.17. The Morgan fingerprint density at radius 1 is 0.486 bits per heavy atom. The Bertz CT molecular complexity index is 2130. The average Bonchev–Trinajstić information content (AvgIpc) is 3.44. The maximum absolute atomic E-state index is 9.56. The van der Waals surface area contributed by atoms with E-state index in [1.807, 2.05) is 54.6 Å². The van der Waals surface area contributed by atoms with Crippen LogP contribution >= 0.6 is 15.9 Å². The van der Waals surface area contributed by atoms with Gasteiger partial charge in [-0.05, 0) is 66.7 Å². The minimum absolute atomic E-state index is 0.606. The summed E-state index contributed by atoms with van der Waals surface area (Å²) >= 11 is 3.57. The van der Waals surface area contributed by atoms with Crippen molar-refractivity contribution in [1.82, 2.24) is 9.13 Å². The van der Waals surface area contributed by atoms with Gasteiger partial charge in [-0.3, -0.25) is 0 Å². The molecule has 0 saturated carbocycles. The minimum Gasteiger partial charge on any atom is -0.309 e. The second-order valence-electron chi connectivity index (χ2n) is 9.06. The van der Waals surface area contributed by atoms with Crippen LogP contribution in [-0.4, -0.2) is 9.13 Å². The highest BCUT2D eigenvalue weighted by atomic mass is 79.9. The van der Waals surface area contributed by atoms with E-state index < -0.39 is 0 Å². The van der Waals surface area contributed by atoms with Gasteiger partial charge in [0.2, 0.25) is 0 Å². The summed E-state index contributed by atoms with van der Waals surface area (Å²) < 4.78 is 5.35. The molecule has 0 bridgehead atoms. The third-order valence-electron chi connectivity index (χ3n) is 6.99. The average molecular weight is 537 g/mol. The van der Waals surface area contributed by atoms with E-state index in [-0.39, 0.29) is 0 Å². The van der Waals surface area contributed by atoms with E-state index in [2.05, 4.69) is 85.7 Å². The van der Waals surface area contributed by atoms with Gasteiger partial charge in [0.05, 0.1) is 45.3 Å². The molecule has 4 nitrogen and oxygen atoms in total. The van der Waals surface area contributed by atoms with Gasteiger partial charge in [0.1, 0.15) is 0 Å². The highest BCUT2D eigenvalue weighted by Crippen LogP contribution is 2.37. The molecule has 0 saturated heterocycles. The van der Waals surface area contributed by atoms with Crippen LogP contribution < -0.4 is 0 Å². The Hall–Kier alpha value is -4.84. The van der Waals surface area contributed by atoms with Crippen molar-refractivity contribution in [3.8, 4) is 23.5 Å². The summed E-state index contributed by atoms with van der Waals surface area (Å²) in [6.45, 7) is 0. The lowest BCUT2D eigenvalue weighted by Crippen LogP contribution is -1.96. The Morgan fingerprint density at radius 3 is 1.73 bits per heavy atom. The molecule has 0 aliphatic heterocycles. The number of nitrogens with zero attached hydrogens (tertiary/aromatic N) is 4. The fourth-order valence-electron chi connectivity index (χ4n) is 5.47. The van der Waals surface area contributed by atoms with Crippen LogP contribution in [0.4, 0.5) is 0 Å². The number of para-hydroxylation sites is 2. The number of hydrogen-bond donors (Lipinski definition) is 0. The molecule has 0 amide bonds. The number of aromatic nitrogens is 2. The SMILES string of the molecule is N#Cc1cc(Br)cc(-n2c3ccccc3c3cc(-n4c5ccccc5c5cc(C#N)ccc54)ccc32)c1. The van der Waals surface area contributed by atoms with E-state index in [1.165, 1.54) is 0 Å². The summed E-state index contributed by atoms with van der Waals surface area (Å²) in [5.74, 6) is 0. The van der Waals surface area contributed by atoms with Gasteiger partial charge in [0, 0.05) is 37.4 Å². The summed E-state index contributed by atoms with van der Waals surface area (Å²) in [6.07, 6.45) is 0. The topological polar surface area (TPSA) is 57.4 Å². The number of nitriles is 2. The normalized spacial score (nSPS) is 11.3. The first kappa shape index (κ1) is 21.4. The van der Waals surface area contributed by atoms with Crippen molar-refractivity contribution in [2.45, 2.75) is 0 Å². The number of halogens is 1. The molecule has 0 aliphatic rings. The Morgan fingerprint density at radius 2 is 1.05 bits per heavy atom. The third-order valence-corrected chi connectivity index (χ3v) is 7.44. The van der Waals surface area contributed by atoms with Gasteiger partial charge in [0.25, 0.3) is 0 Å². The molecule has 37 heavy (non-hydrogen) atoms. The lowest BCUT2D eigenvalue weighted by Gasteiger charge is -2.11. The zero-order valence-electron chi connectivity index (χ0n) is 19.5. The summed E-state index contributed by atoms with van der Waals surface area (Å²) in [5, 5.41) is 23.5. The molecule has 2 aromatic heterocycles. The summed E-state index contributed by atoms with van der Waals surface area (Å²) in [4.78, 5) is 0. The first-order valence-corrected chi connectivity index (χ1v) is 12.6. The van der Waals surface area contributed by atoms with Crippen molar-refractivity contribution in [2.24, 2.45) is 0 Å². The second kappa shape index (κ2) is 8.10. The quantitative estimate of drug-likeness (QED) is 0.222. The monoisotopic (exact) mass is 536 g/mol. The summed E-state index contributed by atoms with van der Waals surface area (Å²) in [6, 6.07) is 39.4. The molecule has 7 aromatic rings. The van der Waals surface area contributed by atoms with Gasteiger partial charge in [-0.1, -0.05) is 52.3 Å². The number of benzene rings is 5. The molecule has 0 radical (unpaired) electrons. The summed E-state index contributed by atoms with van der Waals surface area (Å²) in [5.41, 5.74) is 7.56. The fraction of sp³-hybridized carbons (Fsp3) is 0. The lowest BCUT2D eigenvalue weighted by molar-refractivity contribution is 1.16. The molecule has 0 unspecified atom stereocenters. The number of rotatable bonds is 2. The molecule has 0 atom stereocenters. The van der Waals surface area contributed by atoms with Crippen molar-refractivity contribution in [3.63, 3.8) is 0 Å². The largest absolute Gasteiger partial charge is 0.309 e. The highest BCUT2D eigenvalue weighted by molar-refractivity contribution is 9.10. The van der Waals surface area contributed by atoms with E-state index in [1.54, 1.807) is 0 Å². The second-order valence-corrected chi connectivity index (χ2v) is 9.98. The van der Waals surface area contributed by atoms with E-state index in [4.69, 9.17) is 0 Å². The van der Waals surface area contributed by atoms with E-state index in [9.17, 15) is 10.5 Å². The first-order chi connectivity index (χ1) is 18.2. The van der Waals surface area contributed by atoms with Gasteiger partial charge >= 0.3 is 0 Å². The number of fused-ring (bicyclic) bond motifs is 6. The van der Waals surface area contributed by atoms with Crippen LogP contribution in [0.1, 0.15) is 11.1 Å². The standard InChI is InChI=1S/C32H17BrN4/c33-22-13-21(19-35)14-24(16-22)37-30-8-4-2-6-26(30)28-17-23(10-12-32(28)37)36-29-7-3-1-5-25(29)27-15-20(18-34)9-11-31(27)36/h1-17H. The maximum atomic E-state index is 9.56. The van der Waals surface area contributed by atoms with Gasteiger partial charge in [0.15, 0.2) is 0 Å². The summed E-state index contributed by atoms with van der Waals surface area (Å²) in [7, 11) is 0. The Labute approximate surface area is 220 Å². The fourth-order valence-corrected chi connectivity index (χ4v) is 5.95. The van der Waals surface area contributed by atoms with Crippen LogP contribution in [0.3, 0.4) is 0 Å². The first-order valence-electron chi connectivity index (χ1n) is 11.8. The van der Waals surface area contributed by atoms with Gasteiger partial charge in [-0.15, -0.1) is 0 Å². The predicted molar refractivity (Wildman–Crippen MR) is 152 cm³/mol. The van der Waals surface area contributed by atoms with Crippen molar-refractivity contribution in [2.75, 3.05) is 0 Å². The minimum atomic E-state index is 0.606. The molecule has 0 fully saturated rings. The maximum Gasteiger partial charge on any atom is 0.0992 e. The predicted octanol–water partition coefficient (Wildman–Crippen LogP) is 8.39. The molecular weight excluding hydrogens is 520 g/mol. The smallest absolute Gasteiger partial charge is 0.0992 e. The van der Waals surface area contributed by atoms with Crippen molar-refractivity contribution >= 4 is 59.5 Å². The zero-order valence-corrected chi connectivity index (χ0v) is 21.1. The number of hydrogen-bond acceptors (Lipinski definition) is 2. The molecule has 5 heteroatoms.